The Bertz CT molecular complexity index is 1480. The summed E-state index contributed by atoms with van der Waals surface area (Å²) in [5.41, 5.74) is 1.89. The van der Waals surface area contributed by atoms with E-state index < -0.39 is 26.6 Å². The van der Waals surface area contributed by atoms with Crippen LogP contribution in [0.2, 0.25) is 0 Å². The van der Waals surface area contributed by atoms with E-state index in [2.05, 4.69) is 15.0 Å². The number of carbonyl (C=O) groups is 2. The molecule has 40 heavy (non-hydrogen) atoms. The van der Waals surface area contributed by atoms with E-state index in [1.807, 2.05) is 4.57 Å². The minimum absolute atomic E-state index is 0.0457. The van der Waals surface area contributed by atoms with E-state index in [9.17, 15) is 27.5 Å². The van der Waals surface area contributed by atoms with Crippen molar-refractivity contribution in [2.24, 2.45) is 5.92 Å². The average Bonchev–Trinajstić information content (AvgIpc) is 3.31. The quantitative estimate of drug-likeness (QED) is 0.233. The fourth-order valence-electron chi connectivity index (χ4n) is 4.96. The van der Waals surface area contributed by atoms with Crippen LogP contribution in [-0.2, 0) is 30.9 Å². The number of halogens is 1. The molecule has 1 heterocycles. The predicted octanol–water partition coefficient (Wildman–Crippen LogP) is 3.14. The van der Waals surface area contributed by atoms with Crippen molar-refractivity contribution in [3.05, 3.63) is 53.3 Å². The van der Waals surface area contributed by atoms with E-state index in [0.29, 0.717) is 55.3 Å². The molecule has 13 heteroatoms. The first-order valence-electron chi connectivity index (χ1n) is 13.0. The van der Waals surface area contributed by atoms with Gasteiger partial charge in [-0.3, -0.25) is 14.9 Å². The summed E-state index contributed by atoms with van der Waals surface area (Å²) in [7, 11) is -1.36. The van der Waals surface area contributed by atoms with Crippen molar-refractivity contribution in [3.63, 3.8) is 0 Å². The van der Waals surface area contributed by atoms with Crippen LogP contribution in [-0.4, -0.2) is 62.3 Å². The number of imidazole rings is 1. The van der Waals surface area contributed by atoms with Gasteiger partial charge in [-0.05, 0) is 68.0 Å². The lowest BCUT2D eigenvalue weighted by molar-refractivity contribution is -0.146. The number of aromatic nitrogens is 2. The third kappa shape index (κ3) is 6.49. The molecule has 3 aromatic rings. The number of rotatable bonds is 11. The number of ether oxygens (including phenoxy) is 2. The van der Waals surface area contributed by atoms with Crippen LogP contribution in [0.5, 0.6) is 0 Å². The SMILES string of the molecule is COCCCNS(=O)(=O)c1cc(C(=O)Nc2nc3ccc(CO)cc3n2[C@H]2CC[C@@H](C(=O)OC)CC2)ccc1F. The molecule has 216 valence electrons. The number of fused-ring (bicyclic) bond motifs is 1. The highest BCUT2D eigenvalue weighted by Crippen LogP contribution is 2.37. The first-order valence-corrected chi connectivity index (χ1v) is 14.5. The normalized spacial score (nSPS) is 17.6. The molecule has 1 aliphatic rings. The molecule has 1 aromatic heterocycles. The number of hydrogen-bond acceptors (Lipinski definition) is 8. The van der Waals surface area contributed by atoms with Crippen LogP contribution >= 0.6 is 0 Å². The number of esters is 1. The summed E-state index contributed by atoms with van der Waals surface area (Å²) in [6.07, 6.45) is 2.85. The Morgan fingerprint density at radius 3 is 2.55 bits per heavy atom. The van der Waals surface area contributed by atoms with Gasteiger partial charge < -0.3 is 19.1 Å². The van der Waals surface area contributed by atoms with E-state index >= 15 is 0 Å². The van der Waals surface area contributed by atoms with E-state index in [4.69, 9.17) is 9.47 Å². The van der Waals surface area contributed by atoms with Crippen LogP contribution in [0.3, 0.4) is 0 Å². The Balaban J connectivity index is 1.63. The molecule has 4 rings (SSSR count). The van der Waals surface area contributed by atoms with E-state index in [-0.39, 0.29) is 42.6 Å². The van der Waals surface area contributed by atoms with Crippen molar-refractivity contribution < 1.29 is 37.0 Å². The molecule has 1 amide bonds. The number of sulfonamides is 1. The third-order valence-electron chi connectivity index (χ3n) is 7.06. The molecule has 1 saturated carbocycles. The number of benzene rings is 2. The molecule has 0 spiro atoms. The Hall–Kier alpha value is -3.39. The largest absolute Gasteiger partial charge is 0.469 e. The molecular weight excluding hydrogens is 543 g/mol. The molecular formula is C27H33FN4O7S. The van der Waals surface area contributed by atoms with Crippen molar-refractivity contribution in [1.29, 1.82) is 0 Å². The van der Waals surface area contributed by atoms with Crippen LogP contribution in [0.4, 0.5) is 10.3 Å². The van der Waals surface area contributed by atoms with Gasteiger partial charge in [-0.1, -0.05) is 6.07 Å². The van der Waals surface area contributed by atoms with Crippen molar-refractivity contribution in [2.75, 3.05) is 32.7 Å². The maximum Gasteiger partial charge on any atom is 0.308 e. The molecule has 0 radical (unpaired) electrons. The maximum atomic E-state index is 14.5. The number of nitrogens with zero attached hydrogens (tertiary/aromatic N) is 2. The Morgan fingerprint density at radius 1 is 1.12 bits per heavy atom. The molecule has 11 nitrogen and oxygen atoms in total. The van der Waals surface area contributed by atoms with Gasteiger partial charge in [0.1, 0.15) is 10.7 Å². The van der Waals surface area contributed by atoms with Crippen molar-refractivity contribution >= 4 is 38.9 Å². The lowest BCUT2D eigenvalue weighted by Gasteiger charge is -2.29. The molecule has 0 unspecified atom stereocenters. The van der Waals surface area contributed by atoms with Gasteiger partial charge in [0, 0.05) is 31.9 Å². The molecule has 0 bridgehead atoms. The van der Waals surface area contributed by atoms with Crippen LogP contribution in [0.15, 0.2) is 41.3 Å². The lowest BCUT2D eigenvalue weighted by atomic mass is 9.86. The number of nitrogens with one attached hydrogen (secondary N) is 2. The first kappa shape index (κ1) is 29.6. The summed E-state index contributed by atoms with van der Waals surface area (Å²) in [5, 5.41) is 12.4. The standard InChI is InChI=1S/C27H33FN4O7S/c1-38-13-3-12-29-40(36,37)24-15-19(7-10-21(24)28)25(34)31-27-30-22-11-4-17(16-33)14-23(22)32(27)20-8-5-18(6-9-20)26(35)39-2/h4,7,10-11,14-15,18,20,29,33H,3,5-6,8-9,12-13,16H2,1-2H3,(H,30,31,34)/t18-,20+. The maximum absolute atomic E-state index is 14.5. The molecule has 0 atom stereocenters. The van der Waals surface area contributed by atoms with Gasteiger partial charge >= 0.3 is 5.97 Å². The van der Waals surface area contributed by atoms with Crippen molar-refractivity contribution in [1.82, 2.24) is 14.3 Å². The fraction of sp³-hybridized carbons (Fsp3) is 0.444. The zero-order valence-corrected chi connectivity index (χ0v) is 23.2. The van der Waals surface area contributed by atoms with E-state index in [0.717, 1.165) is 12.1 Å². The topological polar surface area (TPSA) is 149 Å². The summed E-state index contributed by atoms with van der Waals surface area (Å²) in [5.74, 6) is -1.88. The molecule has 1 aliphatic carbocycles. The second-order valence-corrected chi connectivity index (χ2v) is 11.4. The predicted molar refractivity (Wildman–Crippen MR) is 145 cm³/mol. The van der Waals surface area contributed by atoms with Crippen molar-refractivity contribution in [2.45, 2.75) is 49.6 Å². The number of aliphatic hydroxyl groups is 1. The first-order chi connectivity index (χ1) is 19.2. The highest BCUT2D eigenvalue weighted by atomic mass is 32.2. The smallest absolute Gasteiger partial charge is 0.308 e. The Morgan fingerprint density at radius 2 is 1.88 bits per heavy atom. The number of methoxy groups -OCH3 is 2. The van der Waals surface area contributed by atoms with E-state index in [1.54, 1.807) is 18.2 Å². The van der Waals surface area contributed by atoms with Gasteiger partial charge in [-0.25, -0.2) is 22.5 Å². The summed E-state index contributed by atoms with van der Waals surface area (Å²) < 4.78 is 53.9. The van der Waals surface area contributed by atoms with Gasteiger partial charge in [0.2, 0.25) is 16.0 Å². The monoisotopic (exact) mass is 576 g/mol. The van der Waals surface area contributed by atoms with Crippen molar-refractivity contribution in [3.8, 4) is 0 Å². The number of aliphatic hydroxyl groups excluding tert-OH is 1. The van der Waals surface area contributed by atoms with Gasteiger partial charge in [0.25, 0.3) is 5.91 Å². The average molecular weight is 577 g/mol. The second kappa shape index (κ2) is 12.9. The Labute approximate surface area is 231 Å². The summed E-state index contributed by atoms with van der Waals surface area (Å²) in [4.78, 5) is 29.3. The molecule has 3 N–H and O–H groups in total. The van der Waals surface area contributed by atoms with Crippen LogP contribution in [0.1, 0.15) is 54.1 Å². The van der Waals surface area contributed by atoms with Gasteiger partial charge in [-0.15, -0.1) is 0 Å². The van der Waals surface area contributed by atoms with Crippen LogP contribution in [0, 0.1) is 11.7 Å². The van der Waals surface area contributed by atoms with Gasteiger partial charge in [0.05, 0.1) is 30.7 Å². The summed E-state index contributed by atoms with van der Waals surface area (Å²) >= 11 is 0. The molecule has 0 saturated heterocycles. The zero-order valence-electron chi connectivity index (χ0n) is 22.4. The number of hydrogen-bond donors (Lipinski definition) is 3. The zero-order chi connectivity index (χ0) is 28.9. The highest BCUT2D eigenvalue weighted by Gasteiger charge is 2.30. The third-order valence-corrected chi connectivity index (χ3v) is 8.53. The minimum Gasteiger partial charge on any atom is -0.469 e. The van der Waals surface area contributed by atoms with Crippen LogP contribution in [0.25, 0.3) is 11.0 Å². The van der Waals surface area contributed by atoms with Gasteiger partial charge in [0.15, 0.2) is 0 Å². The fourth-order valence-corrected chi connectivity index (χ4v) is 6.13. The minimum atomic E-state index is -4.21. The second-order valence-electron chi connectivity index (χ2n) is 9.66. The number of amides is 1. The lowest BCUT2D eigenvalue weighted by Crippen LogP contribution is -2.27. The molecule has 1 fully saturated rings. The summed E-state index contributed by atoms with van der Waals surface area (Å²) in [6, 6.07) is 8.29. The summed E-state index contributed by atoms with van der Waals surface area (Å²) in [6.45, 7) is 0.201. The Kier molecular flexibility index (Phi) is 9.51. The number of carbonyl (C=O) groups excluding carboxylic acids is 2. The number of anilines is 1. The van der Waals surface area contributed by atoms with Gasteiger partial charge in [-0.2, -0.15) is 0 Å². The molecule has 0 aliphatic heterocycles. The molecule has 2 aromatic carbocycles. The van der Waals surface area contributed by atoms with Crippen LogP contribution < -0.4 is 10.0 Å². The highest BCUT2D eigenvalue weighted by molar-refractivity contribution is 7.89. The van der Waals surface area contributed by atoms with E-state index in [1.165, 1.54) is 20.3 Å².